The second-order valence-corrected chi connectivity index (χ2v) is 15.9. The molecule has 2 aromatic carbocycles. The predicted molar refractivity (Wildman–Crippen MR) is 234 cm³/mol. The molecule has 60 heavy (non-hydrogen) atoms. The molecular formula is C42H49BIN8O8. The van der Waals surface area contributed by atoms with Crippen LogP contribution in [0.15, 0.2) is 100 Å². The fraction of sp³-hybridized carbons (Fsp3) is 0.381. The normalized spacial score (nSPS) is 14.4. The number of aromatic nitrogens is 8. The summed E-state index contributed by atoms with van der Waals surface area (Å²) >= 11 is 2.03. The molecule has 0 bridgehead atoms. The van der Waals surface area contributed by atoms with Gasteiger partial charge in [-0.2, -0.15) is 0 Å². The average molecular weight is 932 g/mol. The largest absolute Gasteiger partial charge is 0.427 e. The minimum Gasteiger partial charge on any atom is -0.427 e. The van der Waals surface area contributed by atoms with E-state index in [2.05, 4.69) is 30.1 Å². The van der Waals surface area contributed by atoms with E-state index in [-0.39, 0.29) is 24.3 Å². The van der Waals surface area contributed by atoms with Gasteiger partial charge >= 0.3 is 7.48 Å². The van der Waals surface area contributed by atoms with Gasteiger partial charge in [0, 0.05) is 29.2 Å². The highest BCUT2D eigenvalue weighted by molar-refractivity contribution is 14.1. The highest BCUT2D eigenvalue weighted by atomic mass is 127. The highest BCUT2D eigenvalue weighted by Gasteiger charge is 2.36. The number of hydrogen-bond donors (Lipinski definition) is 3. The van der Waals surface area contributed by atoms with E-state index >= 15 is 0 Å². The first kappa shape index (κ1) is 44.7. The number of ether oxygens (including phenoxy) is 4. The molecule has 0 aliphatic carbocycles. The Bertz CT molecular complexity index is 2490. The van der Waals surface area contributed by atoms with Gasteiger partial charge in [0.1, 0.15) is 13.2 Å². The highest BCUT2D eigenvalue weighted by Crippen LogP contribution is 2.25. The second kappa shape index (κ2) is 21.1. The van der Waals surface area contributed by atoms with Crippen LogP contribution in [-0.2, 0) is 50.0 Å². The van der Waals surface area contributed by atoms with Crippen molar-refractivity contribution in [3.05, 3.63) is 144 Å². The monoisotopic (exact) mass is 931 g/mol. The summed E-state index contributed by atoms with van der Waals surface area (Å²) in [6.45, 7) is 11.3. The molecule has 16 nitrogen and oxygen atoms in total. The molecule has 6 heterocycles. The number of H-pyrrole nitrogens is 2. The average Bonchev–Trinajstić information content (AvgIpc) is 3.86. The van der Waals surface area contributed by atoms with Crippen molar-refractivity contribution in [2.75, 3.05) is 26.4 Å². The number of aromatic amines is 2. The fourth-order valence-electron chi connectivity index (χ4n) is 5.63. The molecule has 0 spiro atoms. The lowest BCUT2D eigenvalue weighted by Gasteiger charge is -2.38. The van der Waals surface area contributed by atoms with Crippen molar-refractivity contribution >= 4 is 46.7 Å². The zero-order chi connectivity index (χ0) is 42.5. The maximum Gasteiger partial charge on any atom is 0.326 e. The summed E-state index contributed by atoms with van der Waals surface area (Å²) in [4.78, 5) is 38.0. The Morgan fingerprint density at radius 1 is 0.750 bits per heavy atom. The third kappa shape index (κ3) is 12.4. The Kier molecular flexibility index (Phi) is 15.7. The van der Waals surface area contributed by atoms with Gasteiger partial charge < -0.3 is 38.7 Å². The number of benzene rings is 2. The van der Waals surface area contributed by atoms with Crippen LogP contribution in [0, 0.1) is 3.83 Å². The van der Waals surface area contributed by atoms with Crippen LogP contribution in [0.2, 0.25) is 0 Å². The molecule has 0 amide bonds. The van der Waals surface area contributed by atoms with Crippen LogP contribution < -0.4 is 11.1 Å². The Balaban J connectivity index is 0.000000156. The number of nitrogens with zero attached hydrogens (tertiary/aromatic N) is 6. The standard InChI is InChI=1S/C18H18N4O3.C13H11IN4O2.C11H20BO3/c23-18-15-10-19-17(14-6-8-24-9-7-14)22(15)21-16(20-18)12-25-11-13-4-2-1-3-5-13;14-13-15-6-10-12(19)16-11(17-18(10)13)8-20-7-9-4-2-1-3-5-9;1-10(2,13)11(3,4)15-12-9-5-7-14-8-6-9/h1-6,10H,7-9,11-12H2,(H,20,21,23);1-6H,7-8H2,(H,16,17,19);5,13H,6-8H2,1-4H3. The van der Waals surface area contributed by atoms with Crippen molar-refractivity contribution in [1.29, 1.82) is 0 Å². The SMILES string of the molecule is CC(C)(O)C(C)(C)O[B]C1=CCOCC1.O=c1[nH]c(COCc2ccccc2)nn2c(C3=CCOCC3)ncc12.O=c1[nH]c(COCc2ccccc2)nn2c(I)ncc12. The van der Waals surface area contributed by atoms with E-state index < -0.39 is 11.2 Å². The molecule has 0 fully saturated rings. The van der Waals surface area contributed by atoms with Gasteiger partial charge in [-0.25, -0.2) is 19.0 Å². The van der Waals surface area contributed by atoms with Crippen LogP contribution in [-0.4, -0.2) is 89.4 Å². The molecule has 8 rings (SSSR count). The molecule has 2 aliphatic rings. The number of halogens is 1. The van der Waals surface area contributed by atoms with Crippen LogP contribution in [0.4, 0.5) is 0 Å². The Morgan fingerprint density at radius 2 is 1.28 bits per heavy atom. The van der Waals surface area contributed by atoms with Gasteiger partial charge in [-0.15, -0.1) is 10.2 Å². The van der Waals surface area contributed by atoms with Crippen molar-refractivity contribution in [1.82, 2.24) is 39.2 Å². The topological polar surface area (TPSA) is 192 Å². The Labute approximate surface area is 361 Å². The lowest BCUT2D eigenvalue weighted by atomic mass is 9.80. The van der Waals surface area contributed by atoms with Crippen LogP contribution in [0.5, 0.6) is 0 Å². The molecule has 6 aromatic rings. The number of aliphatic hydroxyl groups is 1. The zero-order valence-corrected chi connectivity index (χ0v) is 36.3. The molecule has 1 radical (unpaired) electrons. The number of imidazole rings is 2. The van der Waals surface area contributed by atoms with Crippen LogP contribution in [0.1, 0.15) is 69.1 Å². The summed E-state index contributed by atoms with van der Waals surface area (Å²) in [5, 5.41) is 18.7. The smallest absolute Gasteiger partial charge is 0.326 e. The lowest BCUT2D eigenvalue weighted by molar-refractivity contribution is -0.0898. The van der Waals surface area contributed by atoms with Crippen molar-refractivity contribution in [3.8, 4) is 0 Å². The molecule has 0 saturated heterocycles. The van der Waals surface area contributed by atoms with E-state index in [0.29, 0.717) is 65.4 Å². The van der Waals surface area contributed by atoms with Gasteiger partial charge in [0.15, 0.2) is 32.3 Å². The zero-order valence-electron chi connectivity index (χ0n) is 34.1. The van der Waals surface area contributed by atoms with Crippen molar-refractivity contribution in [3.63, 3.8) is 0 Å². The number of nitrogens with one attached hydrogen (secondary N) is 2. The Hall–Kier alpha value is -4.83. The summed E-state index contributed by atoms with van der Waals surface area (Å²) < 4.78 is 31.1. The third-order valence-electron chi connectivity index (χ3n) is 9.78. The number of rotatable bonds is 13. The first-order valence-electron chi connectivity index (χ1n) is 19.5. The summed E-state index contributed by atoms with van der Waals surface area (Å²) in [7, 11) is 1.74. The van der Waals surface area contributed by atoms with Crippen LogP contribution in [0.3, 0.4) is 0 Å². The van der Waals surface area contributed by atoms with E-state index in [1.54, 1.807) is 32.0 Å². The first-order valence-corrected chi connectivity index (χ1v) is 20.6. The molecule has 4 aromatic heterocycles. The van der Waals surface area contributed by atoms with Crippen molar-refractivity contribution in [2.24, 2.45) is 0 Å². The second-order valence-electron chi connectivity index (χ2n) is 14.9. The van der Waals surface area contributed by atoms with Gasteiger partial charge in [0.2, 0.25) is 0 Å². The van der Waals surface area contributed by atoms with E-state index in [1.807, 2.05) is 109 Å². The van der Waals surface area contributed by atoms with E-state index in [1.165, 1.54) is 10.7 Å². The van der Waals surface area contributed by atoms with Crippen molar-refractivity contribution < 1.29 is 28.7 Å². The fourth-order valence-corrected chi connectivity index (χ4v) is 6.14. The number of hydrogen-bond acceptors (Lipinski definition) is 12. The van der Waals surface area contributed by atoms with Crippen molar-refractivity contribution in [2.45, 2.75) is 78.2 Å². The lowest BCUT2D eigenvalue weighted by Crippen LogP contribution is -2.48. The van der Waals surface area contributed by atoms with E-state index in [9.17, 15) is 14.7 Å². The van der Waals surface area contributed by atoms with Crippen LogP contribution >= 0.6 is 22.6 Å². The molecule has 315 valence electrons. The first-order chi connectivity index (χ1) is 28.9. The van der Waals surface area contributed by atoms with E-state index in [4.69, 9.17) is 23.6 Å². The molecule has 0 unspecified atom stereocenters. The van der Waals surface area contributed by atoms with Crippen LogP contribution in [0.25, 0.3) is 16.6 Å². The van der Waals surface area contributed by atoms with Gasteiger partial charge in [0.05, 0.1) is 56.6 Å². The minimum atomic E-state index is -0.866. The molecule has 0 saturated carbocycles. The van der Waals surface area contributed by atoms with Gasteiger partial charge in [-0.05, 0) is 57.2 Å². The summed E-state index contributed by atoms with van der Waals surface area (Å²) in [5.41, 5.74) is 3.29. The molecule has 18 heteroatoms. The van der Waals surface area contributed by atoms with Gasteiger partial charge in [0.25, 0.3) is 11.1 Å². The minimum absolute atomic E-state index is 0.214. The van der Waals surface area contributed by atoms with Gasteiger partial charge in [-0.1, -0.05) is 78.3 Å². The summed E-state index contributed by atoms with van der Waals surface area (Å²) in [6, 6.07) is 19.7. The maximum absolute atomic E-state index is 12.3. The molecule has 0 atom stereocenters. The molecule has 2 aliphatic heterocycles. The maximum atomic E-state index is 12.3. The quantitative estimate of drug-likeness (QED) is 0.102. The summed E-state index contributed by atoms with van der Waals surface area (Å²) in [6.07, 6.45) is 8.67. The Morgan fingerprint density at radius 3 is 1.82 bits per heavy atom. The van der Waals surface area contributed by atoms with E-state index in [0.717, 1.165) is 41.6 Å². The molecule has 3 N–H and O–H groups in total. The molecular weight excluding hydrogens is 882 g/mol. The predicted octanol–water partition coefficient (Wildman–Crippen LogP) is 5.15. The summed E-state index contributed by atoms with van der Waals surface area (Å²) in [5.74, 6) is 1.64. The third-order valence-corrected chi connectivity index (χ3v) is 10.5. The number of fused-ring (bicyclic) bond motifs is 2. The van der Waals surface area contributed by atoms with Gasteiger partial charge in [-0.3, -0.25) is 9.59 Å².